The summed E-state index contributed by atoms with van der Waals surface area (Å²) in [6.07, 6.45) is 12.5. The van der Waals surface area contributed by atoms with Crippen LogP contribution in [0.4, 0.5) is 4.79 Å². The van der Waals surface area contributed by atoms with Gasteiger partial charge in [0.2, 0.25) is 5.91 Å². The number of fused-ring (bicyclic) bond motifs is 1. The number of amides is 2. The maximum absolute atomic E-state index is 13.1. The van der Waals surface area contributed by atoms with Gasteiger partial charge in [0.05, 0.1) is 24.1 Å². The molecule has 0 bridgehead atoms. The van der Waals surface area contributed by atoms with E-state index in [0.717, 1.165) is 40.8 Å². The van der Waals surface area contributed by atoms with E-state index >= 15 is 0 Å². The molecule has 3 aliphatic rings. The Kier molecular flexibility index (Phi) is 10.6. The van der Waals surface area contributed by atoms with Gasteiger partial charge in [-0.3, -0.25) is 19.7 Å². The van der Waals surface area contributed by atoms with Crippen LogP contribution in [0.3, 0.4) is 0 Å². The number of carbonyl (C=O) groups is 2. The zero-order valence-corrected chi connectivity index (χ0v) is 26.5. The van der Waals surface area contributed by atoms with Crippen LogP contribution >= 0.6 is 11.6 Å². The molecule has 1 heterocycles. The summed E-state index contributed by atoms with van der Waals surface area (Å²) in [6, 6.07) is 5.22. The fourth-order valence-electron chi connectivity index (χ4n) is 5.35. The van der Waals surface area contributed by atoms with E-state index in [0.29, 0.717) is 31.2 Å². The summed E-state index contributed by atoms with van der Waals surface area (Å²) in [5.74, 6) is 0.0729. The van der Waals surface area contributed by atoms with Crippen molar-refractivity contribution in [2.45, 2.75) is 58.2 Å². The summed E-state index contributed by atoms with van der Waals surface area (Å²) in [7, 11) is 1.69. The third kappa shape index (κ3) is 8.24. The highest BCUT2D eigenvalue weighted by Crippen LogP contribution is 2.40. The molecule has 2 N–H and O–H groups in total. The highest BCUT2D eigenvalue weighted by molar-refractivity contribution is 6.30. The molecule has 1 aliphatic heterocycles. The molecule has 10 heteroatoms. The van der Waals surface area contributed by atoms with Gasteiger partial charge in [0.15, 0.2) is 0 Å². The number of benzene rings is 1. The third-order valence-electron chi connectivity index (χ3n) is 7.53. The van der Waals surface area contributed by atoms with Gasteiger partial charge in [-0.25, -0.2) is 4.79 Å². The molecule has 2 fully saturated rings. The van der Waals surface area contributed by atoms with Gasteiger partial charge in [-0.2, -0.15) is 0 Å². The predicted molar refractivity (Wildman–Crippen MR) is 174 cm³/mol. The van der Waals surface area contributed by atoms with Crippen LogP contribution in [0.2, 0.25) is 5.02 Å². The standard InChI is InChI=1S/C33H43ClN6O3/c1-7-22-19-27(28(13-14-36-21-35-6)38-31(41)23-9-10-23)26-20-24(34)11-12-25(26)30(29(22)37-8-2)39-15-17-40(18-16-39)32(42)43-33(3,4)5/h7-8,11-14,19-21,23,28,30H,2,9-10,15-18H2,1,3-6H3,(H,35,36)(H,38,41)/b14-13+,22-7-,37-29?. The molecule has 1 saturated carbocycles. The third-order valence-corrected chi connectivity index (χ3v) is 7.76. The zero-order chi connectivity index (χ0) is 31.1. The molecule has 2 amide bonds. The number of halogens is 1. The molecule has 2 unspecified atom stereocenters. The van der Waals surface area contributed by atoms with Gasteiger partial charge in [-0.15, -0.1) is 0 Å². The molecular formula is C33H43ClN6O3. The largest absolute Gasteiger partial charge is 0.444 e. The van der Waals surface area contributed by atoms with Crippen LogP contribution in [0, 0.1) is 5.92 Å². The second kappa shape index (κ2) is 14.2. The molecule has 2 aliphatic carbocycles. The first-order chi connectivity index (χ1) is 20.6. The Morgan fingerprint density at radius 3 is 2.51 bits per heavy atom. The van der Waals surface area contributed by atoms with E-state index in [1.807, 2.05) is 58.0 Å². The van der Waals surface area contributed by atoms with Crippen molar-refractivity contribution in [3.05, 3.63) is 77.1 Å². The van der Waals surface area contributed by atoms with Gasteiger partial charge in [0, 0.05) is 56.6 Å². The van der Waals surface area contributed by atoms with Crippen molar-refractivity contribution in [2.75, 3.05) is 33.2 Å². The number of piperazine rings is 1. The molecule has 0 spiro atoms. The van der Waals surface area contributed by atoms with Crippen molar-refractivity contribution in [1.29, 1.82) is 0 Å². The number of hydrogen-bond donors (Lipinski definition) is 2. The van der Waals surface area contributed by atoms with Crippen LogP contribution in [0.1, 0.15) is 57.7 Å². The van der Waals surface area contributed by atoms with Gasteiger partial charge in [0.25, 0.3) is 0 Å². The van der Waals surface area contributed by atoms with E-state index in [1.165, 1.54) is 0 Å². The Morgan fingerprint density at radius 2 is 1.91 bits per heavy atom. The van der Waals surface area contributed by atoms with Crippen LogP contribution in [-0.2, 0) is 9.53 Å². The van der Waals surface area contributed by atoms with Gasteiger partial charge in [-0.05, 0) is 87.1 Å². The maximum atomic E-state index is 13.1. The highest BCUT2D eigenvalue weighted by atomic mass is 35.5. The van der Waals surface area contributed by atoms with Gasteiger partial charge < -0.3 is 20.3 Å². The number of rotatable bonds is 8. The molecule has 1 aromatic rings. The minimum absolute atomic E-state index is 0.0318. The molecule has 1 aromatic carbocycles. The smallest absolute Gasteiger partial charge is 0.410 e. The number of nitrogens with one attached hydrogen (secondary N) is 2. The quantitative estimate of drug-likeness (QED) is 0.300. The lowest BCUT2D eigenvalue weighted by molar-refractivity contribution is -0.122. The highest BCUT2D eigenvalue weighted by Gasteiger charge is 2.37. The number of ether oxygens (including phenoxy) is 1. The van der Waals surface area contributed by atoms with Gasteiger partial charge in [0.1, 0.15) is 5.60 Å². The normalized spacial score (nSPS) is 22.3. The van der Waals surface area contributed by atoms with Crippen LogP contribution in [0.15, 0.2) is 71.0 Å². The van der Waals surface area contributed by atoms with Gasteiger partial charge >= 0.3 is 6.09 Å². The Balaban J connectivity index is 1.76. The van der Waals surface area contributed by atoms with E-state index in [4.69, 9.17) is 21.3 Å². The molecule has 0 radical (unpaired) electrons. The number of carbonyl (C=O) groups excluding carboxylic acids is 2. The Hall–Kier alpha value is -3.69. The first-order valence-electron chi connectivity index (χ1n) is 14.8. The lowest BCUT2D eigenvalue weighted by Gasteiger charge is -2.40. The van der Waals surface area contributed by atoms with E-state index < -0.39 is 11.6 Å². The second-order valence-electron chi connectivity index (χ2n) is 11.9. The summed E-state index contributed by atoms with van der Waals surface area (Å²) in [4.78, 5) is 38.7. The van der Waals surface area contributed by atoms with Crippen LogP contribution in [0.5, 0.6) is 0 Å². The Labute approximate surface area is 260 Å². The summed E-state index contributed by atoms with van der Waals surface area (Å²) >= 11 is 6.62. The fraction of sp³-hybridized carbons (Fsp3) is 0.455. The summed E-state index contributed by atoms with van der Waals surface area (Å²) in [5.41, 5.74) is 4.05. The topological polar surface area (TPSA) is 98.6 Å². The van der Waals surface area contributed by atoms with E-state index in [1.54, 1.807) is 30.7 Å². The Morgan fingerprint density at radius 1 is 1.19 bits per heavy atom. The SMILES string of the molecule is C=CN=C1/C(=C\C)C=C(C(/C=C/NC=NC)NC(=O)C2CC2)c2cc(Cl)ccc2C1N1CCN(C(=O)OC(C)(C)C)CC1. The minimum atomic E-state index is -0.556. The van der Waals surface area contributed by atoms with E-state index in [2.05, 4.69) is 33.2 Å². The number of nitrogens with zero attached hydrogens (tertiary/aromatic N) is 4. The summed E-state index contributed by atoms with van der Waals surface area (Å²) < 4.78 is 5.63. The number of hydrogen-bond acceptors (Lipinski definition) is 6. The fourth-order valence-corrected chi connectivity index (χ4v) is 5.52. The van der Waals surface area contributed by atoms with Crippen molar-refractivity contribution in [3.8, 4) is 0 Å². The van der Waals surface area contributed by atoms with Crippen LogP contribution < -0.4 is 10.6 Å². The van der Waals surface area contributed by atoms with E-state index in [-0.39, 0.29) is 24.0 Å². The lowest BCUT2D eigenvalue weighted by Crippen LogP contribution is -2.52. The molecule has 230 valence electrons. The van der Waals surface area contributed by atoms with Crippen molar-refractivity contribution in [2.24, 2.45) is 15.9 Å². The van der Waals surface area contributed by atoms with Crippen molar-refractivity contribution in [1.82, 2.24) is 20.4 Å². The van der Waals surface area contributed by atoms with Crippen LogP contribution in [0.25, 0.3) is 5.57 Å². The molecule has 43 heavy (non-hydrogen) atoms. The molecule has 2 atom stereocenters. The molecular weight excluding hydrogens is 564 g/mol. The summed E-state index contributed by atoms with van der Waals surface area (Å²) in [6.45, 7) is 13.8. The molecule has 1 saturated heterocycles. The molecule has 0 aromatic heterocycles. The average molecular weight is 607 g/mol. The average Bonchev–Trinajstić information content (AvgIpc) is 3.82. The number of aliphatic imine (C=N–C) groups is 2. The molecule has 9 nitrogen and oxygen atoms in total. The Bertz CT molecular complexity index is 1360. The predicted octanol–water partition coefficient (Wildman–Crippen LogP) is 5.52. The zero-order valence-electron chi connectivity index (χ0n) is 25.8. The van der Waals surface area contributed by atoms with Gasteiger partial charge in [-0.1, -0.05) is 30.3 Å². The first-order valence-corrected chi connectivity index (χ1v) is 15.2. The van der Waals surface area contributed by atoms with Crippen molar-refractivity contribution >= 4 is 41.2 Å². The van der Waals surface area contributed by atoms with Crippen LogP contribution in [-0.4, -0.2) is 78.7 Å². The first kappa shape index (κ1) is 32.2. The molecule has 4 rings (SSSR count). The lowest BCUT2D eigenvalue weighted by atomic mass is 9.90. The maximum Gasteiger partial charge on any atom is 0.410 e. The summed E-state index contributed by atoms with van der Waals surface area (Å²) in [5, 5.41) is 6.89. The second-order valence-corrected chi connectivity index (χ2v) is 12.3. The number of allylic oxidation sites excluding steroid dienone is 2. The van der Waals surface area contributed by atoms with Crippen molar-refractivity contribution < 1.29 is 14.3 Å². The van der Waals surface area contributed by atoms with E-state index in [9.17, 15) is 9.59 Å². The minimum Gasteiger partial charge on any atom is -0.444 e. The monoisotopic (exact) mass is 606 g/mol. The van der Waals surface area contributed by atoms with Crippen molar-refractivity contribution in [3.63, 3.8) is 0 Å².